The summed E-state index contributed by atoms with van der Waals surface area (Å²) in [5, 5.41) is 6.13. The Morgan fingerprint density at radius 2 is 1.72 bits per heavy atom. The number of benzene rings is 2. The molecule has 0 bridgehead atoms. The highest BCUT2D eigenvalue weighted by Crippen LogP contribution is 2.53. The van der Waals surface area contributed by atoms with Crippen LogP contribution in [0.1, 0.15) is 43.3 Å². The molecule has 0 fully saturated rings. The van der Waals surface area contributed by atoms with Crippen molar-refractivity contribution < 1.29 is 9.59 Å². The number of amides is 2. The largest absolute Gasteiger partial charge is 0.377 e. The lowest BCUT2D eigenvalue weighted by molar-refractivity contribution is 0.0879. The SMILES string of the molecule is O=C1NC(=O)c2c1c1c(c3c2C2C=CC=CC2N3)Cc2ccccc2-1. The van der Waals surface area contributed by atoms with Crippen molar-refractivity contribution in [2.24, 2.45) is 0 Å². The summed E-state index contributed by atoms with van der Waals surface area (Å²) >= 11 is 0. The van der Waals surface area contributed by atoms with Gasteiger partial charge in [0.2, 0.25) is 0 Å². The van der Waals surface area contributed by atoms with Crippen LogP contribution in [-0.4, -0.2) is 17.9 Å². The predicted octanol–water partition coefficient (Wildman–Crippen LogP) is 3.15. The van der Waals surface area contributed by atoms with E-state index in [4.69, 9.17) is 0 Å². The number of hydrogen-bond donors (Lipinski definition) is 2. The summed E-state index contributed by atoms with van der Waals surface area (Å²) in [5.41, 5.74) is 7.52. The second kappa shape index (κ2) is 4.28. The first-order valence-electron chi connectivity index (χ1n) is 8.52. The summed E-state index contributed by atoms with van der Waals surface area (Å²) < 4.78 is 0. The van der Waals surface area contributed by atoms with Crippen molar-refractivity contribution in [2.75, 3.05) is 5.32 Å². The van der Waals surface area contributed by atoms with Gasteiger partial charge in [0.25, 0.3) is 11.8 Å². The van der Waals surface area contributed by atoms with E-state index in [0.717, 1.165) is 34.4 Å². The number of imide groups is 1. The number of nitrogens with one attached hydrogen (secondary N) is 2. The van der Waals surface area contributed by atoms with Crippen LogP contribution in [0, 0.1) is 0 Å². The van der Waals surface area contributed by atoms with Crippen molar-refractivity contribution in [3.05, 3.63) is 76.4 Å². The maximum absolute atomic E-state index is 12.6. The molecule has 0 saturated heterocycles. The summed E-state index contributed by atoms with van der Waals surface area (Å²) in [4.78, 5) is 25.2. The van der Waals surface area contributed by atoms with Gasteiger partial charge in [0.15, 0.2) is 0 Å². The summed E-state index contributed by atoms with van der Waals surface area (Å²) in [6.07, 6.45) is 9.08. The van der Waals surface area contributed by atoms with Crippen LogP contribution in [0.4, 0.5) is 5.69 Å². The van der Waals surface area contributed by atoms with E-state index in [0.29, 0.717) is 11.1 Å². The van der Waals surface area contributed by atoms with Gasteiger partial charge >= 0.3 is 0 Å². The van der Waals surface area contributed by atoms with Gasteiger partial charge in [-0.25, -0.2) is 0 Å². The van der Waals surface area contributed by atoms with Crippen LogP contribution in [0.5, 0.6) is 0 Å². The third kappa shape index (κ3) is 1.48. The van der Waals surface area contributed by atoms with Gasteiger partial charge in [0.1, 0.15) is 0 Å². The van der Waals surface area contributed by atoms with Crippen LogP contribution in [0.3, 0.4) is 0 Å². The second-order valence-electron chi connectivity index (χ2n) is 6.98. The molecule has 0 radical (unpaired) electrons. The molecular weight excluding hydrogens is 312 g/mol. The van der Waals surface area contributed by atoms with Gasteiger partial charge in [0.05, 0.1) is 17.2 Å². The number of carbonyl (C=O) groups excluding carboxylic acids is 2. The zero-order valence-electron chi connectivity index (χ0n) is 13.3. The van der Waals surface area contributed by atoms with E-state index in [1.54, 1.807) is 0 Å². The highest BCUT2D eigenvalue weighted by Gasteiger charge is 2.44. The molecule has 2 amide bonds. The molecule has 2 unspecified atom stereocenters. The number of rotatable bonds is 0. The summed E-state index contributed by atoms with van der Waals surface area (Å²) in [6, 6.07) is 8.30. The monoisotopic (exact) mass is 326 g/mol. The molecule has 2 aromatic carbocycles. The van der Waals surface area contributed by atoms with Crippen molar-refractivity contribution in [3.63, 3.8) is 0 Å². The molecule has 120 valence electrons. The van der Waals surface area contributed by atoms with Gasteiger partial charge in [0, 0.05) is 23.6 Å². The zero-order chi connectivity index (χ0) is 16.7. The Balaban J connectivity index is 1.75. The van der Waals surface area contributed by atoms with Crippen molar-refractivity contribution in [3.8, 4) is 11.1 Å². The quantitative estimate of drug-likeness (QED) is 0.624. The second-order valence-corrected chi connectivity index (χ2v) is 6.98. The molecule has 2 heterocycles. The van der Waals surface area contributed by atoms with E-state index in [9.17, 15) is 9.59 Å². The molecule has 4 aliphatic rings. The number of allylic oxidation sites excluding steroid dienone is 2. The molecule has 0 aromatic heterocycles. The van der Waals surface area contributed by atoms with E-state index >= 15 is 0 Å². The molecule has 25 heavy (non-hydrogen) atoms. The summed E-state index contributed by atoms with van der Waals surface area (Å²) in [7, 11) is 0. The Morgan fingerprint density at radius 3 is 2.64 bits per heavy atom. The molecule has 4 nitrogen and oxygen atoms in total. The summed E-state index contributed by atoms with van der Waals surface area (Å²) in [6.45, 7) is 0. The number of carbonyl (C=O) groups is 2. The van der Waals surface area contributed by atoms with E-state index in [-0.39, 0.29) is 23.8 Å². The smallest absolute Gasteiger partial charge is 0.259 e. The fourth-order valence-corrected chi connectivity index (χ4v) is 4.78. The Kier molecular flexibility index (Phi) is 2.26. The third-order valence-corrected chi connectivity index (χ3v) is 5.76. The predicted molar refractivity (Wildman–Crippen MR) is 94.9 cm³/mol. The highest BCUT2D eigenvalue weighted by atomic mass is 16.2. The van der Waals surface area contributed by atoms with E-state index < -0.39 is 0 Å². The molecule has 2 N–H and O–H groups in total. The lowest BCUT2D eigenvalue weighted by Gasteiger charge is -2.16. The normalized spacial score (nSPS) is 23.5. The highest BCUT2D eigenvalue weighted by molar-refractivity contribution is 6.26. The minimum atomic E-state index is -0.270. The maximum Gasteiger partial charge on any atom is 0.259 e. The van der Waals surface area contributed by atoms with Gasteiger partial charge in [-0.15, -0.1) is 0 Å². The van der Waals surface area contributed by atoms with Gasteiger partial charge in [-0.05, 0) is 22.3 Å². The van der Waals surface area contributed by atoms with Crippen LogP contribution < -0.4 is 10.6 Å². The first-order valence-corrected chi connectivity index (χ1v) is 8.52. The molecule has 2 atom stereocenters. The van der Waals surface area contributed by atoms with Crippen LogP contribution in [0.2, 0.25) is 0 Å². The molecule has 2 aromatic rings. The van der Waals surface area contributed by atoms with Gasteiger partial charge in [-0.2, -0.15) is 0 Å². The summed E-state index contributed by atoms with van der Waals surface area (Å²) in [5.74, 6) is -0.442. The average molecular weight is 326 g/mol. The number of anilines is 1. The van der Waals surface area contributed by atoms with Gasteiger partial charge < -0.3 is 5.32 Å². The molecule has 0 spiro atoms. The van der Waals surface area contributed by atoms with Crippen LogP contribution in [0.25, 0.3) is 11.1 Å². The van der Waals surface area contributed by atoms with E-state index in [2.05, 4.69) is 28.9 Å². The van der Waals surface area contributed by atoms with E-state index in [1.165, 1.54) is 5.56 Å². The molecule has 0 saturated carbocycles. The lowest BCUT2D eigenvalue weighted by atomic mass is 9.84. The van der Waals surface area contributed by atoms with Crippen LogP contribution in [-0.2, 0) is 6.42 Å². The Labute approximate surface area is 144 Å². The third-order valence-electron chi connectivity index (χ3n) is 5.76. The van der Waals surface area contributed by atoms with Gasteiger partial charge in [-0.1, -0.05) is 48.6 Å². The average Bonchev–Trinajstić information content (AvgIpc) is 3.26. The van der Waals surface area contributed by atoms with E-state index in [1.807, 2.05) is 30.4 Å². The van der Waals surface area contributed by atoms with Crippen molar-refractivity contribution in [2.45, 2.75) is 18.4 Å². The maximum atomic E-state index is 12.6. The fourth-order valence-electron chi connectivity index (χ4n) is 4.78. The van der Waals surface area contributed by atoms with Gasteiger partial charge in [-0.3, -0.25) is 14.9 Å². The zero-order valence-corrected chi connectivity index (χ0v) is 13.3. The van der Waals surface area contributed by atoms with Crippen molar-refractivity contribution >= 4 is 17.5 Å². The minimum Gasteiger partial charge on any atom is -0.377 e. The Morgan fingerprint density at radius 1 is 0.920 bits per heavy atom. The van der Waals surface area contributed by atoms with Crippen molar-refractivity contribution in [1.29, 1.82) is 0 Å². The molecule has 2 aliphatic heterocycles. The topological polar surface area (TPSA) is 58.2 Å². The fraction of sp³-hybridized carbons (Fsp3) is 0.143. The Hall–Kier alpha value is -3.14. The lowest BCUT2D eigenvalue weighted by Crippen LogP contribution is -2.21. The van der Waals surface area contributed by atoms with Crippen LogP contribution >= 0.6 is 0 Å². The molecule has 2 aliphatic carbocycles. The first-order chi connectivity index (χ1) is 12.2. The molecular formula is C21H14N2O2. The standard InChI is InChI=1S/C21H14N2O2/c24-20-17-15-11-6-2-1-5-10(11)9-13(15)19-16(18(17)21(25)23-20)12-7-3-4-8-14(12)22-19/h1-8,12,14,22H,9H2,(H,23,24,25). The van der Waals surface area contributed by atoms with Crippen molar-refractivity contribution in [1.82, 2.24) is 5.32 Å². The number of fused-ring (bicyclic) bond motifs is 10. The number of hydrogen-bond acceptors (Lipinski definition) is 3. The first kappa shape index (κ1) is 13.2. The molecule has 6 rings (SSSR count). The minimum absolute atomic E-state index is 0.0967. The Bertz CT molecular complexity index is 1080. The van der Waals surface area contributed by atoms with Crippen LogP contribution in [0.15, 0.2) is 48.6 Å². The molecule has 4 heteroatoms.